The molecule has 5 N–H and O–H groups in total. The minimum atomic E-state index is -0.579. The van der Waals surface area contributed by atoms with Gasteiger partial charge in [0.1, 0.15) is 42.9 Å². The van der Waals surface area contributed by atoms with Gasteiger partial charge in [0.25, 0.3) is 0 Å². The van der Waals surface area contributed by atoms with Gasteiger partial charge in [-0.15, -0.1) is 45.3 Å². The average Bonchev–Trinajstić information content (AvgIpc) is 4.09. The summed E-state index contributed by atoms with van der Waals surface area (Å²) in [7, 11) is 3.27. The zero-order chi connectivity index (χ0) is 52.3. The second kappa shape index (κ2) is 25.0. The third kappa shape index (κ3) is 15.1. The van der Waals surface area contributed by atoms with Crippen molar-refractivity contribution in [3.8, 4) is 21.1 Å². The fraction of sp³-hybridized carbons (Fsp3) is 0.440. The maximum atomic E-state index is 13.8. The Morgan fingerprint density at radius 1 is 0.722 bits per heavy atom. The second-order valence-corrected chi connectivity index (χ2v) is 22.8. The van der Waals surface area contributed by atoms with Gasteiger partial charge in [0, 0.05) is 86.4 Å². The summed E-state index contributed by atoms with van der Waals surface area (Å²) in [6, 6.07) is 9.08. The Morgan fingerprint density at radius 2 is 1.19 bits per heavy atom. The molecule has 0 saturated carbocycles. The van der Waals surface area contributed by atoms with Crippen LogP contribution in [0.15, 0.2) is 49.1 Å². The Labute approximate surface area is 433 Å². The van der Waals surface area contributed by atoms with Crippen LogP contribution in [-0.4, -0.2) is 115 Å². The van der Waals surface area contributed by atoms with Gasteiger partial charge in [0.15, 0.2) is 0 Å². The van der Waals surface area contributed by atoms with E-state index >= 15 is 0 Å². The summed E-state index contributed by atoms with van der Waals surface area (Å²) in [4.78, 5) is 64.7. The minimum Gasteiger partial charge on any atom is -0.444 e. The molecule has 0 aliphatic carbocycles. The van der Waals surface area contributed by atoms with E-state index in [4.69, 9.17) is 24.9 Å². The highest BCUT2D eigenvalue weighted by atomic mass is 32.1. The molecule has 8 rings (SSSR count). The first kappa shape index (κ1) is 55.8. The van der Waals surface area contributed by atoms with E-state index in [1.54, 1.807) is 36.2 Å². The van der Waals surface area contributed by atoms with Gasteiger partial charge in [0.2, 0.25) is 11.8 Å². The van der Waals surface area contributed by atoms with Crippen molar-refractivity contribution < 1.29 is 46.9 Å². The van der Waals surface area contributed by atoms with Gasteiger partial charge < -0.3 is 50.4 Å². The molecule has 6 heterocycles. The van der Waals surface area contributed by atoms with Crippen LogP contribution in [0.4, 0.5) is 28.4 Å². The van der Waals surface area contributed by atoms with Crippen molar-refractivity contribution in [2.75, 3.05) is 70.8 Å². The standard InChI is InChI=1S/C25H31FN4O4S2.C22H22FN3O3S2.C3H9NO/c1-25(2,3)34-24(32)30-11-8-16-19(14-30)36-23(29-20(31)7-9-27-10-12-33-4)21(16)22-28-17-13-15(26)5-6-18(17)35-22;1-5-17(27)25-20-18(19-24-14-10-12(23)6-7-15(14)30-19)13-8-9-26(11-16(13)31-20)21(28)29-22(2,3)4;1-5-3-2-4/h5-6,13,27H,7-12,14H2,1-4H3,(H,29,31);5-7,10H,1,8-9,11H2,2-4H3,(H,25,27);2-4H2,1H3. The molecule has 16 nitrogen and oxygen atoms in total. The number of rotatable bonds is 13. The molecule has 2 aromatic carbocycles. The number of carbonyl (C=O) groups excluding carboxylic acids is 4. The number of hydrogen-bond acceptors (Lipinski definition) is 16. The van der Waals surface area contributed by atoms with Crippen molar-refractivity contribution in [1.29, 1.82) is 0 Å². The van der Waals surface area contributed by atoms with Crippen molar-refractivity contribution in [2.45, 2.75) is 85.1 Å². The first-order valence-electron chi connectivity index (χ1n) is 23.2. The Morgan fingerprint density at radius 3 is 1.61 bits per heavy atom. The summed E-state index contributed by atoms with van der Waals surface area (Å²) in [6.45, 7) is 19.4. The van der Waals surface area contributed by atoms with E-state index in [9.17, 15) is 28.0 Å². The average molecular weight is 1070 g/mol. The van der Waals surface area contributed by atoms with Crippen molar-refractivity contribution in [2.24, 2.45) is 5.73 Å². The van der Waals surface area contributed by atoms with Crippen LogP contribution in [0.25, 0.3) is 41.6 Å². The summed E-state index contributed by atoms with van der Waals surface area (Å²) < 4.78 is 49.8. The van der Waals surface area contributed by atoms with E-state index < -0.39 is 11.2 Å². The second-order valence-electron chi connectivity index (χ2n) is 18.5. The molecule has 0 unspecified atom stereocenters. The molecule has 4 amide bonds. The van der Waals surface area contributed by atoms with Crippen LogP contribution < -0.4 is 21.7 Å². The molecule has 2 aliphatic heterocycles. The monoisotopic (exact) mass is 1070 g/mol. The molecule has 22 heteroatoms. The van der Waals surface area contributed by atoms with Crippen LogP contribution in [-0.2, 0) is 54.5 Å². The number of fused-ring (bicyclic) bond motifs is 4. The molecule has 6 aromatic rings. The number of amides is 4. The van der Waals surface area contributed by atoms with Gasteiger partial charge in [-0.2, -0.15) is 0 Å². The molecule has 0 radical (unpaired) electrons. The molecule has 4 aromatic heterocycles. The topological polar surface area (TPSA) is 200 Å². The van der Waals surface area contributed by atoms with Crippen molar-refractivity contribution in [3.05, 3.63) is 81.6 Å². The van der Waals surface area contributed by atoms with Gasteiger partial charge in [0.05, 0.1) is 46.7 Å². The van der Waals surface area contributed by atoms with E-state index in [-0.39, 0.29) is 35.6 Å². The molecule has 0 bridgehead atoms. The molecule has 2 aliphatic rings. The highest BCUT2D eigenvalue weighted by Crippen LogP contribution is 2.47. The number of thiazole rings is 2. The number of nitrogens with zero attached hydrogens (tertiary/aromatic N) is 4. The normalized spacial score (nSPS) is 13.3. The Balaban J connectivity index is 0.000000217. The smallest absolute Gasteiger partial charge is 0.410 e. The zero-order valence-electron chi connectivity index (χ0n) is 41.8. The number of halogens is 2. The Kier molecular flexibility index (Phi) is 19.4. The van der Waals surface area contributed by atoms with Crippen LogP contribution in [0.3, 0.4) is 0 Å². The van der Waals surface area contributed by atoms with E-state index in [0.717, 1.165) is 46.4 Å². The number of aromatic nitrogens is 2. The highest BCUT2D eigenvalue weighted by molar-refractivity contribution is 7.23. The lowest BCUT2D eigenvalue weighted by molar-refractivity contribution is -0.116. The van der Waals surface area contributed by atoms with Crippen molar-refractivity contribution in [3.63, 3.8) is 0 Å². The van der Waals surface area contributed by atoms with E-state index in [1.165, 1.54) is 75.7 Å². The van der Waals surface area contributed by atoms with Gasteiger partial charge in [-0.05, 0) is 95.9 Å². The molecule has 0 atom stereocenters. The van der Waals surface area contributed by atoms with Gasteiger partial charge in [-0.1, -0.05) is 6.58 Å². The quantitative estimate of drug-likeness (QED) is 0.0631. The number of carbonyl (C=O) groups is 4. The van der Waals surface area contributed by atoms with Crippen molar-refractivity contribution in [1.82, 2.24) is 25.1 Å². The number of nitrogens with two attached hydrogens (primary N) is 1. The fourth-order valence-corrected chi connectivity index (χ4v) is 12.1. The Bertz CT molecular complexity index is 2880. The molecule has 388 valence electrons. The number of thiophene rings is 2. The summed E-state index contributed by atoms with van der Waals surface area (Å²) in [5, 5.41) is 11.9. The molecular weight excluding hydrogens is 1010 g/mol. The summed E-state index contributed by atoms with van der Waals surface area (Å²) in [5.74, 6) is -1.12. The van der Waals surface area contributed by atoms with Crippen LogP contribution in [0.1, 0.15) is 68.8 Å². The van der Waals surface area contributed by atoms with Crippen LogP contribution in [0.2, 0.25) is 0 Å². The lowest BCUT2D eigenvalue weighted by Crippen LogP contribution is -2.39. The van der Waals surface area contributed by atoms with Gasteiger partial charge in [-0.25, -0.2) is 28.3 Å². The van der Waals surface area contributed by atoms with Gasteiger partial charge >= 0.3 is 12.2 Å². The predicted molar refractivity (Wildman–Crippen MR) is 284 cm³/mol. The first-order chi connectivity index (χ1) is 34.2. The maximum absolute atomic E-state index is 13.8. The highest BCUT2D eigenvalue weighted by Gasteiger charge is 2.33. The van der Waals surface area contributed by atoms with E-state index in [0.29, 0.717) is 104 Å². The largest absolute Gasteiger partial charge is 0.444 e. The Hall–Kier alpha value is -5.46. The summed E-state index contributed by atoms with van der Waals surface area (Å²) in [5.41, 5.74) is 8.83. The molecular formula is C50H62F2N8O8S4. The minimum absolute atomic E-state index is 0.115. The SMILES string of the molecule is C=CC(=O)Nc1sc2c(c1-c1nc3cc(F)ccc3s1)CCN(C(=O)OC(C)(C)C)C2.COCCN.COCCNCCC(=O)Nc1sc2c(c1-c1nc3cc(F)ccc3s1)CCN(C(=O)OC(C)(C)C)C2. The van der Waals surface area contributed by atoms with Gasteiger partial charge in [-0.3, -0.25) is 9.59 Å². The van der Waals surface area contributed by atoms with E-state index in [1.807, 2.05) is 41.5 Å². The molecule has 72 heavy (non-hydrogen) atoms. The zero-order valence-corrected chi connectivity index (χ0v) is 45.0. The maximum Gasteiger partial charge on any atom is 0.410 e. The molecule has 0 saturated heterocycles. The number of hydrogen-bond donors (Lipinski definition) is 4. The van der Waals surface area contributed by atoms with Crippen molar-refractivity contribution >= 4 is 99.8 Å². The summed E-state index contributed by atoms with van der Waals surface area (Å²) in [6.07, 6.45) is 2.02. The number of anilines is 2. The van der Waals surface area contributed by atoms with Crippen LogP contribution in [0, 0.1) is 11.6 Å². The van der Waals surface area contributed by atoms with E-state index in [2.05, 4.69) is 32.3 Å². The first-order valence-corrected chi connectivity index (χ1v) is 26.5. The number of ether oxygens (including phenoxy) is 4. The molecule has 0 fully saturated rings. The third-order valence-corrected chi connectivity index (χ3v) is 14.9. The fourth-order valence-electron chi connectivity index (χ4n) is 7.39. The lowest BCUT2D eigenvalue weighted by atomic mass is 10.0. The summed E-state index contributed by atoms with van der Waals surface area (Å²) >= 11 is 5.78. The third-order valence-electron chi connectivity index (χ3n) is 10.6. The predicted octanol–water partition coefficient (Wildman–Crippen LogP) is 10.2. The molecule has 0 spiro atoms. The number of methoxy groups -OCH3 is 2. The number of benzene rings is 2. The van der Waals surface area contributed by atoms with Crippen LogP contribution in [0.5, 0.6) is 0 Å². The number of nitrogens with one attached hydrogen (secondary N) is 3. The lowest BCUT2D eigenvalue weighted by Gasteiger charge is -2.30. The van der Waals surface area contributed by atoms with Crippen LogP contribution >= 0.6 is 45.3 Å².